The highest BCUT2D eigenvalue weighted by Crippen LogP contribution is 2.41. The van der Waals surface area contributed by atoms with E-state index in [0.717, 1.165) is 38.7 Å². The number of phenolic OH excluding ortho intramolecular Hbond substituents is 1. The van der Waals surface area contributed by atoms with Crippen molar-refractivity contribution in [3.8, 4) is 39.1 Å². The van der Waals surface area contributed by atoms with Crippen LogP contribution in [-0.2, 0) is 36.6 Å². The Kier molecular flexibility index (Phi) is 16.1. The molecule has 0 aliphatic carbocycles. The molecule has 0 spiro atoms. The summed E-state index contributed by atoms with van der Waals surface area (Å²) in [4.78, 5) is 63.7. The number of aromatic hydroxyl groups is 1. The van der Waals surface area contributed by atoms with Gasteiger partial charge in [-0.3, -0.25) is 24.1 Å². The minimum absolute atomic E-state index is 0.0387. The fourth-order valence-corrected chi connectivity index (χ4v) is 10.1. The van der Waals surface area contributed by atoms with E-state index in [4.69, 9.17) is 21.7 Å². The Labute approximate surface area is 425 Å². The largest absolute Gasteiger partial charge is 0.507 e. The molecule has 4 amide bonds. The molecule has 19 heteroatoms. The van der Waals surface area contributed by atoms with Gasteiger partial charge < -0.3 is 35.0 Å². The van der Waals surface area contributed by atoms with Crippen molar-refractivity contribution in [1.29, 1.82) is 5.26 Å². The quantitative estimate of drug-likeness (QED) is 0.0598. The van der Waals surface area contributed by atoms with Gasteiger partial charge in [-0.25, -0.2) is 4.98 Å². The van der Waals surface area contributed by atoms with E-state index in [2.05, 4.69) is 15.6 Å². The van der Waals surface area contributed by atoms with Crippen molar-refractivity contribution in [3.05, 3.63) is 113 Å². The lowest BCUT2D eigenvalue weighted by Gasteiger charge is -2.35. The first-order chi connectivity index (χ1) is 34.1. The van der Waals surface area contributed by atoms with Gasteiger partial charge in [0.25, 0.3) is 5.91 Å². The van der Waals surface area contributed by atoms with Crippen molar-refractivity contribution in [2.75, 3.05) is 36.2 Å². The minimum atomic E-state index is -4.82. The number of hydrogen-bond donors (Lipinski definition) is 3. The number of carbonyl (C=O) groups excluding carboxylic acids is 4. The zero-order chi connectivity index (χ0) is 52.1. The lowest BCUT2D eigenvalue weighted by molar-refractivity contribution is -0.144. The van der Waals surface area contributed by atoms with Crippen LogP contribution in [0.5, 0.6) is 11.5 Å². The second kappa shape index (κ2) is 21.9. The number of hydrogen-bond acceptors (Lipinski definition) is 11. The second-order valence-corrected chi connectivity index (χ2v) is 20.4. The molecule has 2 fully saturated rings. The highest BCUT2D eigenvalue weighted by Gasteiger charge is 2.51. The lowest BCUT2D eigenvalue weighted by Crippen LogP contribution is -2.58. The van der Waals surface area contributed by atoms with Gasteiger partial charge in [0.2, 0.25) is 17.7 Å². The first kappa shape index (κ1) is 52.9. The number of aromatic nitrogens is 1. The van der Waals surface area contributed by atoms with Gasteiger partial charge in [-0.05, 0) is 123 Å². The van der Waals surface area contributed by atoms with Crippen LogP contribution in [-0.4, -0.2) is 87.7 Å². The van der Waals surface area contributed by atoms with E-state index in [9.17, 15) is 42.7 Å². The summed E-state index contributed by atoms with van der Waals surface area (Å²) in [5, 5.41) is 26.0. The van der Waals surface area contributed by atoms with Crippen LogP contribution in [0.25, 0.3) is 21.6 Å². The van der Waals surface area contributed by atoms with Crippen LogP contribution in [0, 0.1) is 23.7 Å². The van der Waals surface area contributed by atoms with Crippen LogP contribution < -0.4 is 25.2 Å². The van der Waals surface area contributed by atoms with Crippen LogP contribution in [0.2, 0.25) is 0 Å². The number of phenols is 1. The third-order valence-electron chi connectivity index (χ3n) is 12.6. The van der Waals surface area contributed by atoms with Crippen LogP contribution in [0.1, 0.15) is 82.7 Å². The second-order valence-electron chi connectivity index (χ2n) is 19.2. The molecule has 1 aromatic heterocycles. The number of nitrogens with one attached hydrogen (secondary N) is 2. The molecule has 2 atom stereocenters. The third-order valence-corrected chi connectivity index (χ3v) is 14.0. The monoisotopic (exact) mass is 1020 g/mol. The summed E-state index contributed by atoms with van der Waals surface area (Å²) in [6.45, 7) is 11.8. The number of amides is 4. The lowest BCUT2D eigenvalue weighted by atomic mass is 9.85. The van der Waals surface area contributed by atoms with E-state index in [0.29, 0.717) is 67.9 Å². The number of carbonyl (C=O) groups is 4. The van der Waals surface area contributed by atoms with Gasteiger partial charge in [0.1, 0.15) is 35.7 Å². The molecule has 378 valence electrons. The number of thiocarbonyl (C=S) groups is 1. The highest BCUT2D eigenvalue weighted by molar-refractivity contribution is 7.81. The highest BCUT2D eigenvalue weighted by atomic mass is 32.1. The molecule has 5 aromatic rings. The maximum atomic E-state index is 14.0. The number of anilines is 2. The standard InChI is InChI=1S/C53H56F3N7O7S2/c1-32-45(72-31-59-32)35-13-11-33(12-14-35)29-58-47(66)42-10-9-23-61(42)48(67)46(51(2,3)4)60-44(65)30-69-24-7-8-25-70-39-21-22-40(43(64)27-39)34-15-18-37(19-16-34)63-50(71)62(49(68)52(63,5)6)38-20-17-36(28-57)41(26-38)53(54,55)56/h11-22,26-27,31,42,46,64H,7-10,23-25,29-30H2,1-6H3,(H,58,66)(H,60,65)/t42-,46?/m0/s1. The summed E-state index contributed by atoms with van der Waals surface area (Å²) in [5.74, 6) is -1.17. The molecule has 2 aliphatic heterocycles. The Bertz CT molecular complexity index is 2880. The molecule has 3 N–H and O–H groups in total. The van der Waals surface area contributed by atoms with Gasteiger partial charge in [-0.2, -0.15) is 18.4 Å². The Morgan fingerprint density at radius 3 is 2.29 bits per heavy atom. The normalized spacial score (nSPS) is 16.2. The molecule has 0 saturated carbocycles. The van der Waals surface area contributed by atoms with Gasteiger partial charge in [0, 0.05) is 37.0 Å². The molecule has 7 rings (SSSR count). The first-order valence-electron chi connectivity index (χ1n) is 23.4. The van der Waals surface area contributed by atoms with Gasteiger partial charge in [0.05, 0.1) is 45.6 Å². The maximum Gasteiger partial charge on any atom is 0.417 e. The van der Waals surface area contributed by atoms with E-state index >= 15 is 0 Å². The van der Waals surface area contributed by atoms with E-state index in [1.165, 1.54) is 12.1 Å². The number of ether oxygens (including phenoxy) is 2. The molecule has 72 heavy (non-hydrogen) atoms. The molecule has 0 radical (unpaired) electrons. The smallest absolute Gasteiger partial charge is 0.417 e. The average Bonchev–Trinajstić information content (AvgIpc) is 4.05. The summed E-state index contributed by atoms with van der Waals surface area (Å²) in [5.41, 5.74) is 2.63. The molecular formula is C53H56F3N7O7S2. The summed E-state index contributed by atoms with van der Waals surface area (Å²) >= 11 is 7.23. The van der Waals surface area contributed by atoms with Crippen molar-refractivity contribution in [1.82, 2.24) is 20.5 Å². The molecule has 0 bridgehead atoms. The van der Waals surface area contributed by atoms with E-state index < -0.39 is 52.2 Å². The zero-order valence-corrected chi connectivity index (χ0v) is 42.4. The summed E-state index contributed by atoms with van der Waals surface area (Å²) in [7, 11) is 0. The number of halogens is 3. The Hall–Kier alpha value is -6.88. The van der Waals surface area contributed by atoms with Crippen molar-refractivity contribution < 1.29 is 46.9 Å². The van der Waals surface area contributed by atoms with E-state index in [-0.39, 0.29) is 41.6 Å². The van der Waals surface area contributed by atoms with Crippen molar-refractivity contribution >= 4 is 63.7 Å². The number of nitrogens with zero attached hydrogens (tertiary/aromatic N) is 5. The van der Waals surface area contributed by atoms with Gasteiger partial charge in [-0.1, -0.05) is 57.2 Å². The predicted octanol–water partition coefficient (Wildman–Crippen LogP) is 9.31. The number of nitriles is 1. The molecule has 1 unspecified atom stereocenters. The Morgan fingerprint density at radius 2 is 1.65 bits per heavy atom. The maximum absolute atomic E-state index is 14.0. The van der Waals surface area contributed by atoms with E-state index in [1.54, 1.807) is 77.5 Å². The molecule has 2 aliphatic rings. The summed E-state index contributed by atoms with van der Waals surface area (Å²) in [6.07, 6.45) is -2.49. The topological polar surface area (TPSA) is 177 Å². The average molecular weight is 1020 g/mol. The van der Waals surface area contributed by atoms with Crippen molar-refractivity contribution in [2.45, 2.75) is 97.6 Å². The van der Waals surface area contributed by atoms with Crippen molar-refractivity contribution in [3.63, 3.8) is 0 Å². The number of aryl methyl sites for hydroxylation is 1. The number of thiazole rings is 1. The van der Waals surface area contributed by atoms with Gasteiger partial charge in [0.15, 0.2) is 5.11 Å². The van der Waals surface area contributed by atoms with E-state index in [1.807, 2.05) is 57.5 Å². The third kappa shape index (κ3) is 11.7. The molecular weight excluding hydrogens is 968 g/mol. The predicted molar refractivity (Wildman–Crippen MR) is 272 cm³/mol. The van der Waals surface area contributed by atoms with Crippen LogP contribution >= 0.6 is 23.6 Å². The fourth-order valence-electron chi connectivity index (χ4n) is 8.74. The number of rotatable bonds is 17. The van der Waals surface area contributed by atoms with Crippen LogP contribution in [0.15, 0.2) is 90.4 Å². The zero-order valence-electron chi connectivity index (χ0n) is 40.8. The molecule has 2 saturated heterocycles. The van der Waals surface area contributed by atoms with Crippen molar-refractivity contribution in [2.24, 2.45) is 5.41 Å². The van der Waals surface area contributed by atoms with Crippen LogP contribution in [0.3, 0.4) is 0 Å². The Morgan fingerprint density at radius 1 is 0.972 bits per heavy atom. The Balaban J connectivity index is 0.847. The molecule has 3 heterocycles. The number of unbranched alkanes of at least 4 members (excludes halogenated alkanes) is 1. The summed E-state index contributed by atoms with van der Waals surface area (Å²) < 4.78 is 52.8. The number of alkyl halides is 3. The van der Waals surface area contributed by atoms with Gasteiger partial charge >= 0.3 is 6.18 Å². The first-order valence-corrected chi connectivity index (χ1v) is 24.7. The molecule has 4 aromatic carbocycles. The molecule has 14 nitrogen and oxygen atoms in total. The van der Waals surface area contributed by atoms with Gasteiger partial charge in [-0.15, -0.1) is 11.3 Å². The SMILES string of the molecule is Cc1ncsc1-c1ccc(CNC(=O)[C@@H]2CCCN2C(=O)C(NC(=O)COCCCCOc2ccc(-c3ccc(N4C(=S)N(c5ccc(C#N)c(C(F)(F)F)c5)C(=O)C4(C)C)cc3)c(O)c2)C(C)(C)C)cc1. The minimum Gasteiger partial charge on any atom is -0.507 e. The number of benzene rings is 4. The summed E-state index contributed by atoms with van der Waals surface area (Å²) in [6, 6.07) is 22.7. The fraction of sp³-hybridized carbons (Fsp3) is 0.377. The number of likely N-dealkylation sites (tertiary alicyclic amines) is 1. The van der Waals surface area contributed by atoms with Crippen LogP contribution in [0.4, 0.5) is 24.5 Å².